The van der Waals surface area contributed by atoms with E-state index < -0.39 is 0 Å². The maximum absolute atomic E-state index is 4.73. The van der Waals surface area contributed by atoms with Gasteiger partial charge in [0.15, 0.2) is 0 Å². The highest BCUT2D eigenvalue weighted by atomic mass is 15.1. The van der Waals surface area contributed by atoms with Gasteiger partial charge in [0, 0.05) is 18.2 Å². The van der Waals surface area contributed by atoms with Crippen LogP contribution in [0.1, 0.15) is 69.9 Å². The molecular weight excluding hydrogens is 172 g/mol. The molecule has 1 saturated carbocycles. The lowest BCUT2D eigenvalue weighted by Gasteiger charge is -2.07. The molecule has 1 fully saturated rings. The van der Waals surface area contributed by atoms with Crippen LogP contribution >= 0.6 is 0 Å². The second kappa shape index (κ2) is 3.41. The molecule has 14 heavy (non-hydrogen) atoms. The number of imidazole rings is 1. The van der Waals surface area contributed by atoms with Crippen LogP contribution in [-0.4, -0.2) is 9.55 Å². The van der Waals surface area contributed by atoms with Crippen molar-refractivity contribution < 1.29 is 0 Å². The van der Waals surface area contributed by atoms with Crippen LogP contribution in [0, 0.1) is 0 Å². The Kier molecular flexibility index (Phi) is 2.38. The molecule has 0 saturated heterocycles. The summed E-state index contributed by atoms with van der Waals surface area (Å²) >= 11 is 0. The van der Waals surface area contributed by atoms with E-state index in [0.29, 0.717) is 11.8 Å². The zero-order valence-electron chi connectivity index (χ0n) is 9.62. The summed E-state index contributed by atoms with van der Waals surface area (Å²) in [6.07, 6.45) is 4.94. The van der Waals surface area contributed by atoms with Crippen LogP contribution in [0.4, 0.5) is 0 Å². The molecule has 0 bridgehead atoms. The molecule has 2 rings (SSSR count). The molecule has 0 N–H and O–H groups in total. The summed E-state index contributed by atoms with van der Waals surface area (Å²) in [4.78, 5) is 4.73. The molecule has 0 aromatic carbocycles. The first-order valence-electron chi connectivity index (χ1n) is 5.68. The smallest absolute Gasteiger partial charge is 0.111 e. The Morgan fingerprint density at radius 1 is 1.21 bits per heavy atom. The summed E-state index contributed by atoms with van der Waals surface area (Å²) in [6.45, 7) is 8.88. The van der Waals surface area contributed by atoms with Gasteiger partial charge in [-0.1, -0.05) is 27.7 Å². The SMILES string of the molecule is CC(C)c1cn(C2CC2)c(C(C)C)n1. The highest BCUT2D eigenvalue weighted by molar-refractivity contribution is 5.13. The number of hydrogen-bond acceptors (Lipinski definition) is 1. The normalized spacial score (nSPS) is 17.0. The van der Waals surface area contributed by atoms with Crippen molar-refractivity contribution in [3.05, 3.63) is 17.7 Å². The highest BCUT2D eigenvalue weighted by Gasteiger charge is 2.27. The molecule has 1 aliphatic carbocycles. The number of hydrogen-bond donors (Lipinski definition) is 0. The molecule has 2 heteroatoms. The van der Waals surface area contributed by atoms with E-state index in [0.717, 1.165) is 6.04 Å². The minimum absolute atomic E-state index is 0.545. The van der Waals surface area contributed by atoms with Gasteiger partial charge in [0.25, 0.3) is 0 Å². The Bertz CT molecular complexity index is 300. The molecule has 0 radical (unpaired) electrons. The van der Waals surface area contributed by atoms with Crippen LogP contribution in [0.3, 0.4) is 0 Å². The van der Waals surface area contributed by atoms with Crippen LogP contribution in [0.5, 0.6) is 0 Å². The Balaban J connectivity index is 2.35. The molecule has 1 aromatic heterocycles. The molecule has 78 valence electrons. The quantitative estimate of drug-likeness (QED) is 0.717. The van der Waals surface area contributed by atoms with Crippen molar-refractivity contribution >= 4 is 0 Å². The molecule has 0 aliphatic heterocycles. The van der Waals surface area contributed by atoms with Crippen molar-refractivity contribution in [1.82, 2.24) is 9.55 Å². The largest absolute Gasteiger partial charge is 0.331 e. The fraction of sp³-hybridized carbons (Fsp3) is 0.750. The van der Waals surface area contributed by atoms with Gasteiger partial charge < -0.3 is 4.57 Å². The third-order valence-electron chi connectivity index (χ3n) is 2.83. The van der Waals surface area contributed by atoms with Crippen LogP contribution in [-0.2, 0) is 0 Å². The first-order valence-corrected chi connectivity index (χ1v) is 5.68. The summed E-state index contributed by atoms with van der Waals surface area (Å²) in [7, 11) is 0. The molecule has 0 amide bonds. The predicted octanol–water partition coefficient (Wildman–Crippen LogP) is 3.46. The van der Waals surface area contributed by atoms with Crippen molar-refractivity contribution in [2.24, 2.45) is 0 Å². The molecule has 2 nitrogen and oxygen atoms in total. The minimum atomic E-state index is 0.545. The molecule has 1 aliphatic rings. The van der Waals surface area contributed by atoms with Crippen molar-refractivity contribution in [3.8, 4) is 0 Å². The number of nitrogens with zero attached hydrogens (tertiary/aromatic N) is 2. The second-order valence-electron chi connectivity index (χ2n) is 4.97. The molecule has 0 spiro atoms. The standard InChI is InChI=1S/C12H20N2/c1-8(2)11-7-14(10-5-6-10)12(13-11)9(3)4/h7-10H,5-6H2,1-4H3. The van der Waals surface area contributed by atoms with Crippen molar-refractivity contribution in [1.29, 1.82) is 0 Å². The molecule has 0 unspecified atom stereocenters. The lowest BCUT2D eigenvalue weighted by Crippen LogP contribution is -2.01. The van der Waals surface area contributed by atoms with E-state index >= 15 is 0 Å². The zero-order valence-corrected chi connectivity index (χ0v) is 9.62. The minimum Gasteiger partial charge on any atom is -0.331 e. The average Bonchev–Trinajstić information content (AvgIpc) is 2.83. The number of rotatable bonds is 3. The van der Waals surface area contributed by atoms with E-state index in [-0.39, 0.29) is 0 Å². The third-order valence-corrected chi connectivity index (χ3v) is 2.83. The van der Waals surface area contributed by atoms with E-state index in [9.17, 15) is 0 Å². The van der Waals surface area contributed by atoms with Crippen molar-refractivity contribution in [2.75, 3.05) is 0 Å². The second-order valence-corrected chi connectivity index (χ2v) is 4.97. The summed E-state index contributed by atoms with van der Waals surface area (Å²) in [5, 5.41) is 0. The predicted molar refractivity (Wildman–Crippen MR) is 58.7 cm³/mol. The van der Waals surface area contributed by atoms with E-state index in [1.807, 2.05) is 0 Å². The first kappa shape index (κ1) is 9.75. The van der Waals surface area contributed by atoms with Crippen LogP contribution in [0.15, 0.2) is 6.20 Å². The zero-order chi connectivity index (χ0) is 10.3. The van der Waals surface area contributed by atoms with Gasteiger partial charge in [0.2, 0.25) is 0 Å². The van der Waals surface area contributed by atoms with Gasteiger partial charge in [-0.25, -0.2) is 4.98 Å². The molecular formula is C12H20N2. The van der Waals surface area contributed by atoms with Gasteiger partial charge in [-0.3, -0.25) is 0 Å². The Hall–Kier alpha value is -0.790. The van der Waals surface area contributed by atoms with E-state index in [2.05, 4.69) is 38.5 Å². The fourth-order valence-corrected chi connectivity index (χ4v) is 1.78. The van der Waals surface area contributed by atoms with E-state index in [1.165, 1.54) is 24.4 Å². The average molecular weight is 192 g/mol. The Labute approximate surface area is 86.3 Å². The van der Waals surface area contributed by atoms with E-state index in [4.69, 9.17) is 4.98 Å². The summed E-state index contributed by atoms with van der Waals surface area (Å²) in [6, 6.07) is 0.757. The van der Waals surface area contributed by atoms with E-state index in [1.54, 1.807) is 0 Å². The fourth-order valence-electron chi connectivity index (χ4n) is 1.78. The van der Waals surface area contributed by atoms with Crippen molar-refractivity contribution in [2.45, 2.75) is 58.4 Å². The van der Waals surface area contributed by atoms with Crippen LogP contribution in [0.25, 0.3) is 0 Å². The third kappa shape index (κ3) is 1.70. The monoisotopic (exact) mass is 192 g/mol. The molecule has 0 atom stereocenters. The topological polar surface area (TPSA) is 17.8 Å². The van der Waals surface area contributed by atoms with Gasteiger partial charge >= 0.3 is 0 Å². The highest BCUT2D eigenvalue weighted by Crippen LogP contribution is 2.38. The lowest BCUT2D eigenvalue weighted by atomic mass is 10.1. The lowest BCUT2D eigenvalue weighted by molar-refractivity contribution is 0.639. The number of aromatic nitrogens is 2. The summed E-state index contributed by atoms with van der Waals surface area (Å²) in [5.41, 5.74) is 1.25. The Morgan fingerprint density at radius 2 is 1.86 bits per heavy atom. The Morgan fingerprint density at radius 3 is 2.29 bits per heavy atom. The molecule has 1 heterocycles. The van der Waals surface area contributed by atoms with Gasteiger partial charge in [0.05, 0.1) is 5.69 Å². The molecule has 1 aromatic rings. The maximum atomic E-state index is 4.73. The maximum Gasteiger partial charge on any atom is 0.111 e. The van der Waals surface area contributed by atoms with Gasteiger partial charge in [-0.15, -0.1) is 0 Å². The van der Waals surface area contributed by atoms with Gasteiger partial charge in [-0.2, -0.15) is 0 Å². The summed E-state index contributed by atoms with van der Waals surface area (Å²) < 4.78 is 2.40. The van der Waals surface area contributed by atoms with Crippen molar-refractivity contribution in [3.63, 3.8) is 0 Å². The van der Waals surface area contributed by atoms with Crippen LogP contribution < -0.4 is 0 Å². The van der Waals surface area contributed by atoms with Gasteiger partial charge in [-0.05, 0) is 18.8 Å². The van der Waals surface area contributed by atoms with Crippen LogP contribution in [0.2, 0.25) is 0 Å². The van der Waals surface area contributed by atoms with Gasteiger partial charge in [0.1, 0.15) is 5.82 Å². The summed E-state index contributed by atoms with van der Waals surface area (Å²) in [5.74, 6) is 2.37. The first-order chi connectivity index (χ1) is 6.59.